The van der Waals surface area contributed by atoms with Gasteiger partial charge in [0.15, 0.2) is 11.5 Å². The van der Waals surface area contributed by atoms with E-state index in [4.69, 9.17) is 15.5 Å². The average Bonchev–Trinajstić information content (AvgIpc) is 3.15. The molecule has 0 heterocycles. The Morgan fingerprint density at radius 3 is 2.64 bits per heavy atom. The van der Waals surface area contributed by atoms with E-state index in [1.54, 1.807) is 25.3 Å². The molecule has 0 radical (unpaired) electrons. The number of carbonyl (C=O) groups excluding carboxylic acids is 1. The summed E-state index contributed by atoms with van der Waals surface area (Å²) in [5.41, 5.74) is 2.54. The molecule has 4 heteroatoms. The van der Waals surface area contributed by atoms with Gasteiger partial charge in [-0.3, -0.25) is 4.79 Å². The molecule has 2 N–H and O–H groups in total. The number of hydrogen-bond donors (Lipinski definition) is 1. The lowest BCUT2D eigenvalue weighted by molar-refractivity contribution is 0.0961. The van der Waals surface area contributed by atoms with Crippen LogP contribution < -0.4 is 15.5 Å². The SMILES string of the molecule is COc1ccc(C(=O)C2C=CC(/C=C/c3ccccc3)=C2)c(ON)c1. The largest absolute Gasteiger partial charge is 0.497 e. The number of allylic oxidation sites excluding steroid dienone is 5. The third-order valence-electron chi connectivity index (χ3n) is 4.02. The van der Waals surface area contributed by atoms with Crippen molar-refractivity contribution in [1.82, 2.24) is 0 Å². The average molecular weight is 333 g/mol. The minimum atomic E-state index is -0.335. The van der Waals surface area contributed by atoms with Crippen LogP contribution in [0.15, 0.2) is 78.4 Å². The summed E-state index contributed by atoms with van der Waals surface area (Å²) in [6.45, 7) is 0. The second-order valence-electron chi connectivity index (χ2n) is 5.64. The lowest BCUT2D eigenvalue weighted by atomic mass is 9.98. The van der Waals surface area contributed by atoms with Crippen LogP contribution in [0.4, 0.5) is 0 Å². The molecule has 4 nitrogen and oxygen atoms in total. The maximum absolute atomic E-state index is 12.7. The summed E-state index contributed by atoms with van der Waals surface area (Å²) in [6, 6.07) is 15.0. The van der Waals surface area contributed by atoms with Crippen molar-refractivity contribution in [3.05, 3.63) is 89.5 Å². The third kappa shape index (κ3) is 3.87. The van der Waals surface area contributed by atoms with E-state index in [1.165, 1.54) is 0 Å². The van der Waals surface area contributed by atoms with Crippen LogP contribution in [0.1, 0.15) is 15.9 Å². The van der Waals surface area contributed by atoms with Crippen molar-refractivity contribution >= 4 is 11.9 Å². The van der Waals surface area contributed by atoms with Crippen LogP contribution in [-0.2, 0) is 0 Å². The first kappa shape index (κ1) is 16.7. The minimum Gasteiger partial charge on any atom is -0.497 e. The topological polar surface area (TPSA) is 61.5 Å². The van der Waals surface area contributed by atoms with Crippen molar-refractivity contribution in [3.8, 4) is 11.5 Å². The van der Waals surface area contributed by atoms with Crippen LogP contribution in [0.2, 0.25) is 0 Å². The molecular weight excluding hydrogens is 314 g/mol. The molecule has 1 aliphatic carbocycles. The van der Waals surface area contributed by atoms with Gasteiger partial charge in [-0.1, -0.05) is 60.7 Å². The van der Waals surface area contributed by atoms with E-state index in [2.05, 4.69) is 0 Å². The maximum atomic E-state index is 12.7. The maximum Gasteiger partial charge on any atom is 0.177 e. The van der Waals surface area contributed by atoms with E-state index < -0.39 is 0 Å². The zero-order chi connectivity index (χ0) is 17.6. The predicted molar refractivity (Wildman–Crippen MR) is 98.3 cm³/mol. The lowest BCUT2D eigenvalue weighted by Crippen LogP contribution is -2.13. The Hall–Kier alpha value is -3.11. The second-order valence-corrected chi connectivity index (χ2v) is 5.64. The number of methoxy groups -OCH3 is 1. The normalized spacial score (nSPS) is 16.1. The van der Waals surface area contributed by atoms with Gasteiger partial charge in [-0.05, 0) is 23.3 Å². The summed E-state index contributed by atoms with van der Waals surface area (Å²) in [7, 11) is 1.55. The van der Waals surface area contributed by atoms with Crippen molar-refractivity contribution in [2.45, 2.75) is 0 Å². The van der Waals surface area contributed by atoms with Crippen molar-refractivity contribution in [3.63, 3.8) is 0 Å². The minimum absolute atomic E-state index is 0.0672. The highest BCUT2D eigenvalue weighted by molar-refractivity contribution is 6.03. The number of ketones is 1. The molecule has 0 bridgehead atoms. The monoisotopic (exact) mass is 333 g/mol. The van der Waals surface area contributed by atoms with Crippen LogP contribution >= 0.6 is 0 Å². The molecule has 3 rings (SSSR count). The first-order valence-electron chi connectivity index (χ1n) is 7.93. The van der Waals surface area contributed by atoms with Crippen LogP contribution in [0.3, 0.4) is 0 Å². The van der Waals surface area contributed by atoms with Crippen molar-refractivity contribution in [2.75, 3.05) is 7.11 Å². The van der Waals surface area contributed by atoms with E-state index in [0.717, 1.165) is 11.1 Å². The Kier molecular flexibility index (Phi) is 5.11. The van der Waals surface area contributed by atoms with Gasteiger partial charge in [0.25, 0.3) is 0 Å². The van der Waals surface area contributed by atoms with Gasteiger partial charge in [-0.15, -0.1) is 0 Å². The first-order chi connectivity index (χ1) is 12.2. The number of rotatable bonds is 6. The summed E-state index contributed by atoms with van der Waals surface area (Å²) in [6.07, 6.45) is 9.75. The molecule has 2 aromatic carbocycles. The Balaban J connectivity index is 1.77. The Bertz CT molecular complexity index is 851. The van der Waals surface area contributed by atoms with Crippen LogP contribution in [0.25, 0.3) is 6.08 Å². The molecule has 25 heavy (non-hydrogen) atoms. The molecule has 0 saturated carbocycles. The zero-order valence-corrected chi connectivity index (χ0v) is 13.9. The molecule has 2 aromatic rings. The van der Waals surface area contributed by atoms with Gasteiger partial charge in [0.05, 0.1) is 18.6 Å². The number of benzene rings is 2. The van der Waals surface area contributed by atoms with E-state index in [0.29, 0.717) is 17.1 Å². The molecule has 0 saturated heterocycles. The second kappa shape index (κ2) is 7.64. The summed E-state index contributed by atoms with van der Waals surface area (Å²) in [5, 5.41) is 0. The standard InChI is InChI=1S/C21H19NO3/c1-24-18-11-12-19(20(14-18)25-22)21(23)17-10-9-16(13-17)8-7-15-5-3-2-4-6-15/h2-14,17H,22H2,1H3/b8-7+. The van der Waals surface area contributed by atoms with E-state index in [-0.39, 0.29) is 11.7 Å². The molecule has 1 unspecified atom stereocenters. The van der Waals surface area contributed by atoms with Crippen LogP contribution in [-0.4, -0.2) is 12.9 Å². The third-order valence-corrected chi connectivity index (χ3v) is 4.02. The molecule has 0 aliphatic heterocycles. The highest BCUT2D eigenvalue weighted by atomic mass is 16.6. The highest BCUT2D eigenvalue weighted by Gasteiger charge is 2.22. The fourth-order valence-electron chi connectivity index (χ4n) is 2.67. The van der Waals surface area contributed by atoms with E-state index in [1.807, 2.05) is 60.7 Å². The Morgan fingerprint density at radius 2 is 1.92 bits per heavy atom. The molecule has 126 valence electrons. The smallest absolute Gasteiger partial charge is 0.177 e. The van der Waals surface area contributed by atoms with Crippen LogP contribution in [0, 0.1) is 5.92 Å². The van der Waals surface area contributed by atoms with Gasteiger partial charge in [0.1, 0.15) is 5.75 Å². The quantitative estimate of drug-likeness (QED) is 0.642. The Morgan fingerprint density at radius 1 is 1.12 bits per heavy atom. The van der Waals surface area contributed by atoms with E-state index in [9.17, 15) is 4.79 Å². The van der Waals surface area contributed by atoms with Crippen LogP contribution in [0.5, 0.6) is 11.5 Å². The van der Waals surface area contributed by atoms with Gasteiger partial charge in [0.2, 0.25) is 0 Å². The van der Waals surface area contributed by atoms with Gasteiger partial charge in [-0.2, -0.15) is 5.90 Å². The Labute approximate surface area is 146 Å². The number of nitrogens with two attached hydrogens (primary N) is 1. The number of ether oxygens (including phenoxy) is 1. The molecule has 0 spiro atoms. The fourth-order valence-corrected chi connectivity index (χ4v) is 2.67. The zero-order valence-electron chi connectivity index (χ0n) is 13.9. The number of carbonyl (C=O) groups is 1. The first-order valence-corrected chi connectivity index (χ1v) is 7.93. The van der Waals surface area contributed by atoms with Gasteiger partial charge >= 0.3 is 0 Å². The molecule has 1 atom stereocenters. The fraction of sp³-hybridized carbons (Fsp3) is 0.0952. The van der Waals surface area contributed by atoms with Crippen molar-refractivity contribution in [1.29, 1.82) is 0 Å². The summed E-state index contributed by atoms with van der Waals surface area (Å²) < 4.78 is 5.13. The predicted octanol–water partition coefficient (Wildman–Crippen LogP) is 3.96. The highest BCUT2D eigenvalue weighted by Crippen LogP contribution is 2.29. The van der Waals surface area contributed by atoms with Crippen molar-refractivity contribution in [2.24, 2.45) is 11.8 Å². The number of hydrogen-bond acceptors (Lipinski definition) is 4. The van der Waals surface area contributed by atoms with Gasteiger partial charge < -0.3 is 9.57 Å². The van der Waals surface area contributed by atoms with Gasteiger partial charge in [0, 0.05) is 6.07 Å². The lowest BCUT2D eigenvalue weighted by Gasteiger charge is -2.10. The summed E-state index contributed by atoms with van der Waals surface area (Å²) in [4.78, 5) is 17.6. The van der Waals surface area contributed by atoms with Crippen molar-refractivity contribution < 1.29 is 14.4 Å². The van der Waals surface area contributed by atoms with Gasteiger partial charge in [-0.25, -0.2) is 0 Å². The molecule has 1 aliphatic rings. The van der Waals surface area contributed by atoms with E-state index >= 15 is 0 Å². The summed E-state index contributed by atoms with van der Waals surface area (Å²) >= 11 is 0. The molecule has 0 amide bonds. The molecule has 0 aromatic heterocycles. The molecule has 0 fully saturated rings. The summed E-state index contributed by atoms with van der Waals surface area (Å²) in [5.74, 6) is 5.78. The molecular formula is C21H19NO3. The number of Topliss-reactive ketones (excluding diaryl/α,β-unsaturated/α-hetero) is 1.